The van der Waals surface area contributed by atoms with Gasteiger partial charge in [-0.05, 0) is 31.4 Å². The summed E-state index contributed by atoms with van der Waals surface area (Å²) >= 11 is 0. The first-order chi connectivity index (χ1) is 13.0. The summed E-state index contributed by atoms with van der Waals surface area (Å²) in [6.45, 7) is 0. The Morgan fingerprint density at radius 2 is 1.93 bits per heavy atom. The molecule has 27 heavy (non-hydrogen) atoms. The fourth-order valence-electron chi connectivity index (χ4n) is 3.40. The first-order valence-electron chi connectivity index (χ1n) is 8.54. The van der Waals surface area contributed by atoms with Gasteiger partial charge in [-0.25, -0.2) is 13.5 Å². The van der Waals surface area contributed by atoms with Gasteiger partial charge in [-0.1, -0.05) is 0 Å². The van der Waals surface area contributed by atoms with Crippen LogP contribution in [0.5, 0.6) is 0 Å². The normalized spacial score (nSPS) is 16.0. The molecule has 1 aliphatic rings. The third-order valence-electron chi connectivity index (χ3n) is 4.64. The number of hydrogen-bond donors (Lipinski definition) is 1. The average Bonchev–Trinajstić information content (AvgIpc) is 3.06. The maximum Gasteiger partial charge on any atom is 0.252 e. The zero-order valence-corrected chi connectivity index (χ0v) is 14.2. The number of carbonyl (C=O) groups excluding carboxylic acids is 1. The third-order valence-corrected chi connectivity index (χ3v) is 4.64. The van der Waals surface area contributed by atoms with E-state index in [-0.39, 0.29) is 11.9 Å². The predicted molar refractivity (Wildman–Crippen MR) is 92.0 cm³/mol. The van der Waals surface area contributed by atoms with E-state index in [1.807, 2.05) is 0 Å². The summed E-state index contributed by atoms with van der Waals surface area (Å²) in [4.78, 5) is 12.5. The number of benzene rings is 1. The summed E-state index contributed by atoms with van der Waals surface area (Å²) in [5, 5.41) is 18.3. The highest BCUT2D eigenvalue weighted by Crippen LogP contribution is 2.31. The van der Waals surface area contributed by atoms with Gasteiger partial charge >= 0.3 is 0 Å². The first kappa shape index (κ1) is 17.1. The Bertz CT molecular complexity index is 981. The maximum absolute atomic E-state index is 13.6. The van der Waals surface area contributed by atoms with Crippen molar-refractivity contribution < 1.29 is 18.3 Å². The second-order valence-corrected chi connectivity index (χ2v) is 6.45. The lowest BCUT2D eigenvalue weighted by Gasteiger charge is -2.24. The Hall–Kier alpha value is -3.29. The van der Waals surface area contributed by atoms with Crippen LogP contribution in [-0.4, -0.2) is 15.7 Å². The van der Waals surface area contributed by atoms with Gasteiger partial charge in [0.25, 0.3) is 5.91 Å². The third kappa shape index (κ3) is 3.38. The fraction of sp³-hybridized carbons (Fsp3) is 0.211. The van der Waals surface area contributed by atoms with Crippen LogP contribution in [0, 0.1) is 16.8 Å². The van der Waals surface area contributed by atoms with Gasteiger partial charge in [0.05, 0.1) is 23.5 Å². The van der Waals surface area contributed by atoms with Crippen LogP contribution in [0.2, 0.25) is 0 Å². The Morgan fingerprint density at radius 1 is 1.22 bits per heavy atom. The van der Waals surface area contributed by atoms with E-state index in [2.05, 4.69) is 10.4 Å². The molecule has 2 aromatic heterocycles. The molecule has 8 heteroatoms. The van der Waals surface area contributed by atoms with Gasteiger partial charge in [0.2, 0.25) is 0 Å². The SMILES string of the molecule is O=C(N[C@H]1CCCc2c1cnn2-c1cc(F)cc(F)c1)c1cc[n+]([O-])cc1. The lowest BCUT2D eigenvalue weighted by atomic mass is 9.92. The highest BCUT2D eigenvalue weighted by molar-refractivity contribution is 5.94. The van der Waals surface area contributed by atoms with E-state index in [0.29, 0.717) is 22.4 Å². The Kier molecular flexibility index (Phi) is 4.31. The highest BCUT2D eigenvalue weighted by Gasteiger charge is 2.26. The molecular weight excluding hydrogens is 354 g/mol. The number of hydrogen-bond acceptors (Lipinski definition) is 3. The molecular formula is C19H16F2N4O2. The summed E-state index contributed by atoms with van der Waals surface area (Å²) in [5.74, 6) is -1.64. The van der Waals surface area contributed by atoms with Crippen molar-refractivity contribution in [2.75, 3.05) is 0 Å². The van der Waals surface area contributed by atoms with Gasteiger partial charge in [0.15, 0.2) is 12.4 Å². The van der Waals surface area contributed by atoms with Crippen LogP contribution in [0.1, 0.15) is 40.5 Å². The van der Waals surface area contributed by atoms with E-state index in [1.165, 1.54) is 41.3 Å². The minimum Gasteiger partial charge on any atom is -0.619 e. The summed E-state index contributed by atoms with van der Waals surface area (Å²) in [6, 6.07) is 5.90. The second kappa shape index (κ2) is 6.79. The molecule has 2 heterocycles. The molecule has 0 unspecified atom stereocenters. The molecule has 3 aromatic rings. The molecule has 0 saturated carbocycles. The van der Waals surface area contributed by atoms with Crippen LogP contribution in [-0.2, 0) is 6.42 Å². The minimum atomic E-state index is -0.672. The van der Waals surface area contributed by atoms with Gasteiger partial charge in [0.1, 0.15) is 11.6 Å². The lowest BCUT2D eigenvalue weighted by molar-refractivity contribution is -0.605. The quantitative estimate of drug-likeness (QED) is 0.569. The number of carbonyl (C=O) groups is 1. The molecule has 0 fully saturated rings. The van der Waals surface area contributed by atoms with E-state index < -0.39 is 11.6 Å². The molecule has 1 aliphatic carbocycles. The zero-order chi connectivity index (χ0) is 19.0. The number of amides is 1. The monoisotopic (exact) mass is 370 g/mol. The van der Waals surface area contributed by atoms with Gasteiger partial charge in [-0.3, -0.25) is 4.79 Å². The Morgan fingerprint density at radius 3 is 2.63 bits per heavy atom. The summed E-state index contributed by atoms with van der Waals surface area (Å²) in [6.07, 6.45) is 6.38. The minimum absolute atomic E-state index is 0.256. The van der Waals surface area contributed by atoms with E-state index in [0.717, 1.165) is 30.2 Å². The number of aromatic nitrogens is 3. The van der Waals surface area contributed by atoms with E-state index in [9.17, 15) is 18.8 Å². The molecule has 1 amide bonds. The first-order valence-corrected chi connectivity index (χ1v) is 8.54. The zero-order valence-electron chi connectivity index (χ0n) is 14.2. The number of fused-ring (bicyclic) bond motifs is 1. The molecule has 138 valence electrons. The molecule has 4 rings (SSSR count). The predicted octanol–water partition coefficient (Wildman–Crippen LogP) is 2.59. The molecule has 1 atom stereocenters. The van der Waals surface area contributed by atoms with E-state index in [4.69, 9.17) is 0 Å². The van der Waals surface area contributed by atoms with Gasteiger partial charge < -0.3 is 10.5 Å². The van der Waals surface area contributed by atoms with Crippen molar-refractivity contribution in [3.05, 3.63) is 82.6 Å². The van der Waals surface area contributed by atoms with Crippen LogP contribution in [0.3, 0.4) is 0 Å². The van der Waals surface area contributed by atoms with Crippen molar-refractivity contribution >= 4 is 5.91 Å². The summed E-state index contributed by atoms with van der Waals surface area (Å²) < 4.78 is 29.2. The standard InChI is InChI=1S/C19H16F2N4O2/c20-13-8-14(21)10-15(9-13)25-18-3-1-2-17(16(18)11-22-25)23-19(26)12-4-6-24(27)7-5-12/h4-11,17H,1-3H2,(H,23,26)/t17-/m0/s1. The molecule has 0 saturated heterocycles. The van der Waals surface area contributed by atoms with Gasteiger partial charge in [0, 0.05) is 29.5 Å². The summed E-state index contributed by atoms with van der Waals surface area (Å²) in [7, 11) is 0. The van der Waals surface area contributed by atoms with E-state index >= 15 is 0 Å². The number of nitrogens with zero attached hydrogens (tertiary/aromatic N) is 3. The average molecular weight is 370 g/mol. The van der Waals surface area contributed by atoms with Crippen molar-refractivity contribution in [1.29, 1.82) is 0 Å². The van der Waals surface area contributed by atoms with Gasteiger partial charge in [-0.15, -0.1) is 0 Å². The van der Waals surface area contributed by atoms with Crippen molar-refractivity contribution in [1.82, 2.24) is 15.1 Å². The number of nitrogens with one attached hydrogen (secondary N) is 1. The Balaban J connectivity index is 1.62. The molecule has 0 spiro atoms. The molecule has 0 radical (unpaired) electrons. The van der Waals surface area contributed by atoms with E-state index in [1.54, 1.807) is 6.20 Å². The largest absolute Gasteiger partial charge is 0.619 e. The summed E-state index contributed by atoms with van der Waals surface area (Å²) in [5.41, 5.74) is 2.34. The Labute approximate surface area is 153 Å². The second-order valence-electron chi connectivity index (χ2n) is 6.45. The van der Waals surface area contributed by atoms with Gasteiger partial charge in [-0.2, -0.15) is 9.83 Å². The number of pyridine rings is 1. The fourth-order valence-corrected chi connectivity index (χ4v) is 3.40. The van der Waals surface area contributed by atoms with Crippen molar-refractivity contribution in [3.63, 3.8) is 0 Å². The van der Waals surface area contributed by atoms with Crippen molar-refractivity contribution in [2.45, 2.75) is 25.3 Å². The molecule has 0 aliphatic heterocycles. The van der Waals surface area contributed by atoms with Crippen LogP contribution >= 0.6 is 0 Å². The molecule has 6 nitrogen and oxygen atoms in total. The van der Waals surface area contributed by atoms with Crippen LogP contribution in [0.15, 0.2) is 48.9 Å². The van der Waals surface area contributed by atoms with Crippen molar-refractivity contribution in [3.8, 4) is 5.69 Å². The number of rotatable bonds is 3. The maximum atomic E-state index is 13.6. The van der Waals surface area contributed by atoms with Crippen LogP contribution in [0.4, 0.5) is 8.78 Å². The van der Waals surface area contributed by atoms with Crippen molar-refractivity contribution in [2.24, 2.45) is 0 Å². The molecule has 1 aromatic carbocycles. The highest BCUT2D eigenvalue weighted by atomic mass is 19.1. The number of halogens is 2. The lowest BCUT2D eigenvalue weighted by Crippen LogP contribution is -2.32. The molecule has 0 bridgehead atoms. The van der Waals surface area contributed by atoms with Crippen LogP contribution < -0.4 is 10.0 Å². The topological polar surface area (TPSA) is 73.9 Å². The molecule has 1 N–H and O–H groups in total. The van der Waals surface area contributed by atoms with Crippen LogP contribution in [0.25, 0.3) is 5.69 Å². The smallest absolute Gasteiger partial charge is 0.252 e.